The number of carboxylic acid groups (broad SMARTS) is 1. The standard InChI is InChI=1S/C15H14Br2N4O5S/c1-2-13(27(24,25)26)19-9-3-4-12(10(6-9)15(22)23)20-21-14-11(17)5-8(16)7-18-14/h3-7,13,19H,2H2,1H3,(H,22,23)(H,24,25,26)/b21-20+. The molecule has 0 fully saturated rings. The third-order valence-corrected chi connectivity index (χ3v) is 5.51. The maximum Gasteiger partial charge on any atom is 0.338 e. The van der Waals surface area contributed by atoms with Crippen LogP contribution in [-0.4, -0.2) is 34.4 Å². The summed E-state index contributed by atoms with van der Waals surface area (Å²) in [5, 5.41) is 18.6. The van der Waals surface area contributed by atoms with Gasteiger partial charge in [0.25, 0.3) is 10.1 Å². The first kappa shape index (κ1) is 21.4. The average Bonchev–Trinajstić information content (AvgIpc) is 2.58. The van der Waals surface area contributed by atoms with Gasteiger partial charge in [0.2, 0.25) is 0 Å². The Hall–Kier alpha value is -1.89. The van der Waals surface area contributed by atoms with Gasteiger partial charge in [-0.3, -0.25) is 4.55 Å². The molecular formula is C15H14Br2N4O5S. The number of nitrogens with one attached hydrogen (secondary N) is 1. The molecular weight excluding hydrogens is 508 g/mol. The molecule has 2 rings (SSSR count). The number of anilines is 1. The van der Waals surface area contributed by atoms with Crippen molar-refractivity contribution in [2.75, 3.05) is 5.32 Å². The molecule has 12 heteroatoms. The minimum Gasteiger partial charge on any atom is -0.478 e. The summed E-state index contributed by atoms with van der Waals surface area (Å²) in [6.07, 6.45) is 1.61. The quantitative estimate of drug-likeness (QED) is 0.352. The molecule has 1 heterocycles. The fraction of sp³-hybridized carbons (Fsp3) is 0.200. The van der Waals surface area contributed by atoms with Crippen LogP contribution in [0.5, 0.6) is 0 Å². The lowest BCUT2D eigenvalue weighted by molar-refractivity contribution is 0.0697. The zero-order chi connectivity index (χ0) is 20.2. The van der Waals surface area contributed by atoms with Crippen LogP contribution in [-0.2, 0) is 10.1 Å². The molecule has 1 aromatic carbocycles. The second-order valence-electron chi connectivity index (χ2n) is 5.25. The summed E-state index contributed by atoms with van der Waals surface area (Å²) in [6, 6.07) is 5.75. The number of carbonyl (C=O) groups is 1. The fourth-order valence-corrected chi connectivity index (χ4v) is 3.81. The first-order valence-corrected chi connectivity index (χ1v) is 10.5. The molecule has 0 amide bonds. The maximum atomic E-state index is 11.5. The van der Waals surface area contributed by atoms with Crippen LogP contribution in [0.25, 0.3) is 0 Å². The van der Waals surface area contributed by atoms with Crippen molar-refractivity contribution in [1.82, 2.24) is 4.98 Å². The second kappa shape index (κ2) is 8.87. The Labute approximate surface area is 171 Å². The Morgan fingerprint density at radius 2 is 2.00 bits per heavy atom. The van der Waals surface area contributed by atoms with Crippen molar-refractivity contribution in [2.45, 2.75) is 18.7 Å². The molecule has 0 spiro atoms. The van der Waals surface area contributed by atoms with Crippen LogP contribution >= 0.6 is 31.9 Å². The van der Waals surface area contributed by atoms with Gasteiger partial charge in [0, 0.05) is 16.4 Å². The number of nitrogens with zero attached hydrogens (tertiary/aromatic N) is 3. The molecule has 144 valence electrons. The van der Waals surface area contributed by atoms with Crippen molar-refractivity contribution in [3.63, 3.8) is 0 Å². The van der Waals surface area contributed by atoms with Gasteiger partial charge >= 0.3 is 5.97 Å². The van der Waals surface area contributed by atoms with Crippen molar-refractivity contribution in [3.8, 4) is 0 Å². The van der Waals surface area contributed by atoms with Crippen molar-refractivity contribution < 1.29 is 22.9 Å². The highest BCUT2D eigenvalue weighted by atomic mass is 79.9. The SMILES string of the molecule is CCC(Nc1ccc(/N=N/c2ncc(Br)cc2Br)c(C(=O)O)c1)S(=O)(=O)O. The zero-order valence-electron chi connectivity index (χ0n) is 13.8. The molecule has 0 saturated heterocycles. The molecule has 1 unspecified atom stereocenters. The number of halogens is 2. The van der Waals surface area contributed by atoms with Crippen LogP contribution in [0.15, 0.2) is 49.6 Å². The first-order chi connectivity index (χ1) is 12.6. The molecule has 0 aliphatic rings. The van der Waals surface area contributed by atoms with E-state index >= 15 is 0 Å². The van der Waals surface area contributed by atoms with Crippen LogP contribution < -0.4 is 5.32 Å². The van der Waals surface area contributed by atoms with Gasteiger partial charge in [0.1, 0.15) is 5.69 Å². The largest absolute Gasteiger partial charge is 0.478 e. The predicted octanol–water partition coefficient (Wildman–Crippen LogP) is 4.76. The monoisotopic (exact) mass is 520 g/mol. The van der Waals surface area contributed by atoms with Crippen molar-refractivity contribution in [3.05, 3.63) is 45.0 Å². The predicted molar refractivity (Wildman–Crippen MR) is 106 cm³/mol. The van der Waals surface area contributed by atoms with Gasteiger partial charge in [0.15, 0.2) is 11.2 Å². The van der Waals surface area contributed by atoms with Crippen LogP contribution in [0.1, 0.15) is 23.7 Å². The number of hydrogen-bond donors (Lipinski definition) is 3. The molecule has 0 radical (unpaired) electrons. The van der Waals surface area contributed by atoms with E-state index in [0.29, 0.717) is 4.47 Å². The molecule has 9 nitrogen and oxygen atoms in total. The second-order valence-corrected chi connectivity index (χ2v) is 8.62. The molecule has 2 aromatic rings. The third kappa shape index (κ3) is 5.79. The lowest BCUT2D eigenvalue weighted by atomic mass is 10.1. The van der Waals surface area contributed by atoms with Crippen molar-refractivity contribution >= 4 is 65.1 Å². The van der Waals surface area contributed by atoms with E-state index in [1.54, 1.807) is 13.0 Å². The summed E-state index contributed by atoms with van der Waals surface area (Å²) in [4.78, 5) is 15.6. The highest BCUT2D eigenvalue weighted by Crippen LogP contribution is 2.30. The van der Waals surface area contributed by atoms with Crippen LogP contribution in [0.3, 0.4) is 0 Å². The van der Waals surface area contributed by atoms with Gasteiger partial charge in [-0.2, -0.15) is 8.42 Å². The van der Waals surface area contributed by atoms with Gasteiger partial charge in [-0.1, -0.05) is 6.92 Å². The van der Waals surface area contributed by atoms with E-state index in [4.69, 9.17) is 0 Å². The van der Waals surface area contributed by atoms with Crippen molar-refractivity contribution in [2.24, 2.45) is 10.2 Å². The first-order valence-electron chi connectivity index (χ1n) is 7.44. The number of aromatic carboxylic acids is 1. The maximum absolute atomic E-state index is 11.5. The van der Waals surface area contributed by atoms with Gasteiger partial charge in [-0.05, 0) is 62.5 Å². The molecule has 0 saturated carbocycles. The van der Waals surface area contributed by atoms with E-state index in [-0.39, 0.29) is 29.2 Å². The minimum atomic E-state index is -4.33. The van der Waals surface area contributed by atoms with E-state index in [1.165, 1.54) is 24.4 Å². The van der Waals surface area contributed by atoms with Gasteiger partial charge in [-0.15, -0.1) is 10.2 Å². The summed E-state index contributed by atoms with van der Waals surface area (Å²) < 4.78 is 33.1. The highest BCUT2D eigenvalue weighted by Gasteiger charge is 2.21. The Bertz CT molecular complexity index is 998. The smallest absolute Gasteiger partial charge is 0.338 e. The molecule has 0 aliphatic heterocycles. The number of benzene rings is 1. The van der Waals surface area contributed by atoms with E-state index in [9.17, 15) is 22.9 Å². The third-order valence-electron chi connectivity index (χ3n) is 3.33. The Morgan fingerprint density at radius 1 is 1.30 bits per heavy atom. The molecule has 1 atom stereocenters. The summed E-state index contributed by atoms with van der Waals surface area (Å²) >= 11 is 6.54. The molecule has 3 N–H and O–H groups in total. The molecule has 27 heavy (non-hydrogen) atoms. The van der Waals surface area contributed by atoms with E-state index in [2.05, 4.69) is 52.4 Å². The average molecular weight is 522 g/mol. The van der Waals surface area contributed by atoms with E-state index in [1.807, 2.05) is 0 Å². The van der Waals surface area contributed by atoms with Crippen LogP contribution in [0, 0.1) is 0 Å². The highest BCUT2D eigenvalue weighted by molar-refractivity contribution is 9.11. The topological polar surface area (TPSA) is 141 Å². The number of pyridine rings is 1. The fourth-order valence-electron chi connectivity index (χ4n) is 2.04. The van der Waals surface area contributed by atoms with E-state index < -0.39 is 21.5 Å². The number of hydrogen-bond acceptors (Lipinski definition) is 7. The minimum absolute atomic E-state index is 0.0598. The molecule has 0 aliphatic carbocycles. The van der Waals surface area contributed by atoms with Gasteiger partial charge in [0.05, 0.1) is 10.0 Å². The lowest BCUT2D eigenvalue weighted by Gasteiger charge is -2.15. The van der Waals surface area contributed by atoms with Gasteiger partial charge < -0.3 is 10.4 Å². The van der Waals surface area contributed by atoms with Crippen LogP contribution in [0.4, 0.5) is 17.2 Å². The van der Waals surface area contributed by atoms with Crippen LogP contribution in [0.2, 0.25) is 0 Å². The number of azo groups is 1. The summed E-state index contributed by atoms with van der Waals surface area (Å²) in [5.74, 6) is -1.01. The summed E-state index contributed by atoms with van der Waals surface area (Å²) in [7, 11) is -4.33. The Balaban J connectivity index is 2.35. The number of carboxylic acids is 1. The number of aromatic nitrogens is 1. The molecule has 0 bridgehead atoms. The summed E-state index contributed by atoms with van der Waals surface area (Å²) in [5.41, 5.74) is 0.0746. The van der Waals surface area contributed by atoms with E-state index in [0.717, 1.165) is 4.47 Å². The number of rotatable bonds is 7. The Morgan fingerprint density at radius 3 is 2.56 bits per heavy atom. The Kier molecular flexibility index (Phi) is 7.03. The molecule has 1 aromatic heterocycles. The summed E-state index contributed by atoms with van der Waals surface area (Å²) in [6.45, 7) is 1.56. The lowest BCUT2D eigenvalue weighted by Crippen LogP contribution is -2.28. The van der Waals surface area contributed by atoms with Gasteiger partial charge in [-0.25, -0.2) is 9.78 Å². The zero-order valence-corrected chi connectivity index (χ0v) is 17.8. The normalized spacial score (nSPS) is 12.9. The van der Waals surface area contributed by atoms with Crippen molar-refractivity contribution in [1.29, 1.82) is 0 Å².